The third kappa shape index (κ3) is 2.10. The van der Waals surface area contributed by atoms with Crippen LogP contribution in [0.1, 0.15) is 25.7 Å². The van der Waals surface area contributed by atoms with Gasteiger partial charge in [0.25, 0.3) is 0 Å². The van der Waals surface area contributed by atoms with Gasteiger partial charge in [-0.25, -0.2) is 0 Å². The predicted octanol–water partition coefficient (Wildman–Crippen LogP) is 2.24. The van der Waals surface area contributed by atoms with Crippen LogP contribution >= 0.6 is 10.2 Å². The first-order valence-corrected chi connectivity index (χ1v) is 8.47. The van der Waals surface area contributed by atoms with Crippen LogP contribution in [0.2, 0.25) is 0 Å². The first-order chi connectivity index (χ1) is 6.59. The molecule has 2 rings (SSSR count). The van der Waals surface area contributed by atoms with E-state index in [2.05, 4.69) is 23.1 Å². The monoisotopic (exact) mass is 217 g/mol. The standard InChI is InChI=1S/C11H23NOS/c1-14(2,3)12-8-5-9-13-11-7-4-6-10(11)12/h10-11H,4-9H2,1-3H3. The Hall–Kier alpha value is 0.270. The zero-order valence-corrected chi connectivity index (χ0v) is 10.5. The fourth-order valence-corrected chi connectivity index (χ4v) is 4.46. The van der Waals surface area contributed by atoms with Gasteiger partial charge < -0.3 is 4.74 Å². The Morgan fingerprint density at radius 3 is 2.64 bits per heavy atom. The summed E-state index contributed by atoms with van der Waals surface area (Å²) in [4.78, 5) is 0. The van der Waals surface area contributed by atoms with Crippen molar-refractivity contribution < 1.29 is 4.74 Å². The summed E-state index contributed by atoms with van der Waals surface area (Å²) in [6.07, 6.45) is 13.0. The van der Waals surface area contributed by atoms with E-state index in [1.165, 1.54) is 32.2 Å². The molecule has 14 heavy (non-hydrogen) atoms. The van der Waals surface area contributed by atoms with Gasteiger partial charge in [0.15, 0.2) is 0 Å². The van der Waals surface area contributed by atoms with E-state index in [0.717, 1.165) is 12.6 Å². The number of nitrogens with zero attached hydrogens (tertiary/aromatic N) is 1. The molecule has 3 heteroatoms. The largest absolute Gasteiger partial charge is 0.377 e. The second-order valence-electron chi connectivity index (χ2n) is 5.17. The van der Waals surface area contributed by atoms with Crippen LogP contribution in [0.5, 0.6) is 0 Å². The van der Waals surface area contributed by atoms with Gasteiger partial charge in [-0.05, 0) is 44.5 Å². The molecule has 1 heterocycles. The molecular formula is C11H23NOS. The molecule has 0 bridgehead atoms. The molecule has 0 aromatic carbocycles. The summed E-state index contributed by atoms with van der Waals surface area (Å²) in [5, 5.41) is 0. The maximum atomic E-state index is 5.92. The summed E-state index contributed by atoms with van der Waals surface area (Å²) in [5.74, 6) is 0. The van der Waals surface area contributed by atoms with Gasteiger partial charge in [-0.15, -0.1) is 0 Å². The number of rotatable bonds is 1. The average molecular weight is 217 g/mol. The molecule has 0 amide bonds. The smallest absolute Gasteiger partial charge is 0.0738 e. The SMILES string of the molecule is CS(C)(C)N1CCCOC2CCCC21. The van der Waals surface area contributed by atoms with Gasteiger partial charge in [-0.2, -0.15) is 10.2 Å². The second-order valence-corrected chi connectivity index (χ2v) is 9.19. The molecule has 2 unspecified atom stereocenters. The third-order valence-electron chi connectivity index (χ3n) is 3.35. The molecule has 0 N–H and O–H groups in total. The molecule has 1 saturated carbocycles. The van der Waals surface area contributed by atoms with Crippen molar-refractivity contribution in [2.24, 2.45) is 0 Å². The van der Waals surface area contributed by atoms with Crippen LogP contribution < -0.4 is 0 Å². The van der Waals surface area contributed by atoms with Gasteiger partial charge in [0.05, 0.1) is 6.10 Å². The summed E-state index contributed by atoms with van der Waals surface area (Å²) in [6, 6.07) is 0.729. The Morgan fingerprint density at radius 1 is 1.14 bits per heavy atom. The van der Waals surface area contributed by atoms with Crippen molar-refractivity contribution in [3.05, 3.63) is 0 Å². The molecule has 0 radical (unpaired) electrons. The van der Waals surface area contributed by atoms with Crippen molar-refractivity contribution in [2.45, 2.75) is 37.8 Å². The minimum absolute atomic E-state index is 0.546. The topological polar surface area (TPSA) is 12.5 Å². The van der Waals surface area contributed by atoms with Crippen LogP contribution in [-0.2, 0) is 4.74 Å². The molecule has 84 valence electrons. The molecular weight excluding hydrogens is 194 g/mol. The van der Waals surface area contributed by atoms with Crippen molar-refractivity contribution >= 4 is 10.2 Å². The van der Waals surface area contributed by atoms with Crippen LogP contribution in [0.15, 0.2) is 0 Å². The zero-order chi connectivity index (χ0) is 10.2. The highest BCUT2D eigenvalue weighted by Gasteiger charge is 2.37. The fourth-order valence-electron chi connectivity index (χ4n) is 2.73. The van der Waals surface area contributed by atoms with Gasteiger partial charge in [0, 0.05) is 19.2 Å². The third-order valence-corrected chi connectivity index (χ3v) is 5.21. The number of ether oxygens (including phenoxy) is 1. The minimum Gasteiger partial charge on any atom is -0.377 e. The Labute approximate surface area is 89.4 Å². The number of hydrogen-bond acceptors (Lipinski definition) is 2. The van der Waals surface area contributed by atoms with E-state index in [4.69, 9.17) is 4.74 Å². The van der Waals surface area contributed by atoms with Crippen molar-refractivity contribution in [1.29, 1.82) is 0 Å². The summed E-state index contributed by atoms with van der Waals surface area (Å²) in [5.41, 5.74) is 0. The maximum Gasteiger partial charge on any atom is 0.0738 e. The summed E-state index contributed by atoms with van der Waals surface area (Å²) < 4.78 is 8.67. The molecule has 0 aromatic rings. The highest BCUT2D eigenvalue weighted by atomic mass is 32.3. The van der Waals surface area contributed by atoms with Gasteiger partial charge in [0.2, 0.25) is 0 Å². The molecule has 0 spiro atoms. The normalized spacial score (nSPS) is 36.5. The second kappa shape index (κ2) is 4.03. The van der Waals surface area contributed by atoms with Crippen molar-refractivity contribution in [2.75, 3.05) is 31.9 Å². The van der Waals surface area contributed by atoms with Gasteiger partial charge in [0.1, 0.15) is 0 Å². The molecule has 2 atom stereocenters. The maximum absolute atomic E-state index is 5.92. The van der Waals surface area contributed by atoms with E-state index < -0.39 is 10.2 Å². The molecule has 1 aliphatic carbocycles. The Kier molecular flexibility index (Phi) is 3.10. The van der Waals surface area contributed by atoms with Crippen LogP contribution in [0.25, 0.3) is 0 Å². The summed E-state index contributed by atoms with van der Waals surface area (Å²) in [7, 11) is -0.550. The lowest BCUT2D eigenvalue weighted by molar-refractivity contribution is 0.0475. The molecule has 2 fully saturated rings. The Bertz CT molecular complexity index is 202. The summed E-state index contributed by atoms with van der Waals surface area (Å²) in [6.45, 7) is 2.23. The van der Waals surface area contributed by atoms with Crippen LogP contribution in [-0.4, -0.2) is 48.4 Å². The van der Waals surface area contributed by atoms with E-state index in [1.54, 1.807) is 0 Å². The summed E-state index contributed by atoms with van der Waals surface area (Å²) >= 11 is 0. The highest BCUT2D eigenvalue weighted by molar-refractivity contribution is 8.30. The van der Waals surface area contributed by atoms with E-state index >= 15 is 0 Å². The lowest BCUT2D eigenvalue weighted by Crippen LogP contribution is -2.40. The first-order valence-electron chi connectivity index (χ1n) is 5.66. The van der Waals surface area contributed by atoms with E-state index in [0.29, 0.717) is 6.10 Å². The van der Waals surface area contributed by atoms with Crippen LogP contribution in [0.3, 0.4) is 0 Å². The number of fused-ring (bicyclic) bond motifs is 1. The fraction of sp³-hybridized carbons (Fsp3) is 1.00. The highest BCUT2D eigenvalue weighted by Crippen LogP contribution is 2.46. The molecule has 0 aromatic heterocycles. The van der Waals surface area contributed by atoms with Gasteiger partial charge >= 0.3 is 0 Å². The Morgan fingerprint density at radius 2 is 1.93 bits per heavy atom. The lowest BCUT2D eigenvalue weighted by atomic mass is 10.2. The molecule has 1 saturated heterocycles. The molecule has 2 nitrogen and oxygen atoms in total. The first kappa shape index (κ1) is 10.8. The van der Waals surface area contributed by atoms with Crippen LogP contribution in [0.4, 0.5) is 0 Å². The predicted molar refractivity (Wildman–Crippen MR) is 64.1 cm³/mol. The van der Waals surface area contributed by atoms with Gasteiger partial charge in [-0.1, -0.05) is 0 Å². The molecule has 1 aliphatic heterocycles. The van der Waals surface area contributed by atoms with E-state index in [-0.39, 0.29) is 0 Å². The minimum atomic E-state index is -0.550. The molecule has 2 aliphatic rings. The zero-order valence-electron chi connectivity index (χ0n) is 9.66. The van der Waals surface area contributed by atoms with Crippen LogP contribution in [0, 0.1) is 0 Å². The quantitative estimate of drug-likeness (QED) is 0.668. The number of hydrogen-bond donors (Lipinski definition) is 0. The average Bonchev–Trinajstić information content (AvgIpc) is 2.42. The lowest BCUT2D eigenvalue weighted by Gasteiger charge is -2.44. The van der Waals surface area contributed by atoms with Gasteiger partial charge in [-0.3, -0.25) is 4.31 Å². The van der Waals surface area contributed by atoms with Crippen molar-refractivity contribution in [3.63, 3.8) is 0 Å². The van der Waals surface area contributed by atoms with Crippen molar-refractivity contribution in [1.82, 2.24) is 4.31 Å². The van der Waals surface area contributed by atoms with E-state index in [9.17, 15) is 0 Å². The van der Waals surface area contributed by atoms with E-state index in [1.807, 2.05) is 0 Å². The van der Waals surface area contributed by atoms with Crippen molar-refractivity contribution in [3.8, 4) is 0 Å². The Balaban J connectivity index is 2.13.